The number of imidazole rings is 1. The molecule has 120 valence electrons. The number of nitrogens with zero attached hydrogens (tertiary/aromatic N) is 4. The summed E-state index contributed by atoms with van der Waals surface area (Å²) in [4.78, 5) is 21.2. The summed E-state index contributed by atoms with van der Waals surface area (Å²) in [6.45, 7) is 3.56. The first-order valence-electron chi connectivity index (χ1n) is 7.21. The minimum Gasteiger partial charge on any atom is -0.465 e. The standard InChI is InChI=1S/C16H18N4O3/c1-16(2,23)9-20-13-10-6-4-5-7-11(10)17-8-12(13)18-14(20)19(3)15(21)22/h4-8,23H,9H2,1-3H3,(H,21,22). The Labute approximate surface area is 132 Å². The number of hydrogen-bond donors (Lipinski definition) is 2. The minimum atomic E-state index is -1.12. The van der Waals surface area contributed by atoms with Crippen molar-refractivity contribution in [3.05, 3.63) is 30.5 Å². The van der Waals surface area contributed by atoms with E-state index in [1.54, 1.807) is 24.6 Å². The van der Waals surface area contributed by atoms with E-state index in [1.807, 2.05) is 24.3 Å². The van der Waals surface area contributed by atoms with Gasteiger partial charge in [-0.05, 0) is 19.9 Å². The minimum absolute atomic E-state index is 0.213. The zero-order valence-electron chi connectivity index (χ0n) is 13.2. The highest BCUT2D eigenvalue weighted by molar-refractivity contribution is 6.03. The van der Waals surface area contributed by atoms with E-state index in [0.717, 1.165) is 21.3 Å². The number of fused-ring (bicyclic) bond motifs is 3. The summed E-state index contributed by atoms with van der Waals surface area (Å²) in [6.07, 6.45) is 0.507. The summed E-state index contributed by atoms with van der Waals surface area (Å²) in [7, 11) is 1.43. The molecule has 0 unspecified atom stereocenters. The van der Waals surface area contributed by atoms with Crippen molar-refractivity contribution in [2.75, 3.05) is 11.9 Å². The lowest BCUT2D eigenvalue weighted by atomic mass is 10.1. The molecule has 0 radical (unpaired) electrons. The maximum atomic E-state index is 11.4. The van der Waals surface area contributed by atoms with Crippen LogP contribution in [0.2, 0.25) is 0 Å². The molecular formula is C16H18N4O3. The number of para-hydroxylation sites is 1. The average Bonchev–Trinajstić information content (AvgIpc) is 2.83. The van der Waals surface area contributed by atoms with Gasteiger partial charge in [0.25, 0.3) is 0 Å². The van der Waals surface area contributed by atoms with Crippen LogP contribution in [-0.2, 0) is 6.54 Å². The van der Waals surface area contributed by atoms with Crippen molar-refractivity contribution in [1.29, 1.82) is 0 Å². The zero-order valence-corrected chi connectivity index (χ0v) is 13.2. The van der Waals surface area contributed by atoms with Gasteiger partial charge in [-0.3, -0.25) is 9.88 Å². The predicted octanol–water partition coefficient (Wildman–Crippen LogP) is 2.47. The third kappa shape index (κ3) is 2.70. The van der Waals surface area contributed by atoms with E-state index in [2.05, 4.69) is 9.97 Å². The quantitative estimate of drug-likeness (QED) is 0.775. The lowest BCUT2D eigenvalue weighted by Gasteiger charge is -2.22. The number of carboxylic acid groups (broad SMARTS) is 1. The molecule has 0 aliphatic carbocycles. The summed E-state index contributed by atoms with van der Waals surface area (Å²) in [5.41, 5.74) is 1.13. The Balaban J connectivity index is 2.37. The van der Waals surface area contributed by atoms with Crippen molar-refractivity contribution in [1.82, 2.24) is 14.5 Å². The van der Waals surface area contributed by atoms with Gasteiger partial charge in [-0.2, -0.15) is 0 Å². The van der Waals surface area contributed by atoms with Crippen LogP contribution in [0.3, 0.4) is 0 Å². The molecule has 3 aromatic rings. The second-order valence-electron chi connectivity index (χ2n) is 6.16. The number of aromatic nitrogens is 3. The summed E-state index contributed by atoms with van der Waals surface area (Å²) in [6, 6.07) is 7.59. The molecule has 0 atom stereocenters. The third-order valence-electron chi connectivity index (χ3n) is 3.59. The molecule has 0 bridgehead atoms. The van der Waals surface area contributed by atoms with E-state index >= 15 is 0 Å². The molecule has 0 saturated carbocycles. The number of anilines is 1. The molecule has 0 fully saturated rings. The Bertz CT molecular complexity index is 895. The Morgan fingerprint density at radius 1 is 1.30 bits per heavy atom. The highest BCUT2D eigenvalue weighted by Gasteiger charge is 2.24. The molecule has 0 spiro atoms. The van der Waals surface area contributed by atoms with Gasteiger partial charge in [0.1, 0.15) is 5.52 Å². The molecular weight excluding hydrogens is 296 g/mol. The van der Waals surface area contributed by atoms with Crippen LogP contribution in [0, 0.1) is 0 Å². The molecule has 1 amide bonds. The van der Waals surface area contributed by atoms with Crippen molar-refractivity contribution in [3.8, 4) is 0 Å². The van der Waals surface area contributed by atoms with Gasteiger partial charge in [0.15, 0.2) is 0 Å². The van der Waals surface area contributed by atoms with E-state index in [0.29, 0.717) is 5.52 Å². The van der Waals surface area contributed by atoms with Crippen molar-refractivity contribution < 1.29 is 15.0 Å². The number of pyridine rings is 1. The molecule has 7 heteroatoms. The maximum Gasteiger partial charge on any atom is 0.413 e. The molecule has 0 aliphatic rings. The van der Waals surface area contributed by atoms with Crippen LogP contribution in [0.25, 0.3) is 21.9 Å². The number of benzene rings is 1. The van der Waals surface area contributed by atoms with Crippen molar-refractivity contribution in [2.45, 2.75) is 26.0 Å². The Hall–Kier alpha value is -2.67. The van der Waals surface area contributed by atoms with Crippen LogP contribution in [-0.4, -0.2) is 43.5 Å². The number of hydrogen-bond acceptors (Lipinski definition) is 4. The molecule has 3 rings (SSSR count). The Morgan fingerprint density at radius 2 is 2.00 bits per heavy atom. The lowest BCUT2D eigenvalue weighted by molar-refractivity contribution is 0.0630. The number of aliphatic hydroxyl groups is 1. The molecule has 0 aliphatic heterocycles. The van der Waals surface area contributed by atoms with Crippen molar-refractivity contribution in [3.63, 3.8) is 0 Å². The number of carbonyl (C=O) groups is 1. The predicted molar refractivity (Wildman–Crippen MR) is 87.8 cm³/mol. The largest absolute Gasteiger partial charge is 0.465 e. The molecule has 2 heterocycles. The second-order valence-corrected chi connectivity index (χ2v) is 6.16. The normalized spacial score (nSPS) is 12.0. The van der Waals surface area contributed by atoms with Crippen LogP contribution in [0.15, 0.2) is 30.5 Å². The van der Waals surface area contributed by atoms with Crippen LogP contribution in [0.5, 0.6) is 0 Å². The van der Waals surface area contributed by atoms with E-state index in [9.17, 15) is 15.0 Å². The highest BCUT2D eigenvalue weighted by atomic mass is 16.4. The second kappa shape index (κ2) is 5.20. The first-order valence-corrected chi connectivity index (χ1v) is 7.21. The fraction of sp³-hybridized carbons (Fsp3) is 0.312. The fourth-order valence-electron chi connectivity index (χ4n) is 2.63. The lowest BCUT2D eigenvalue weighted by Crippen LogP contribution is -2.31. The van der Waals surface area contributed by atoms with Gasteiger partial charge >= 0.3 is 6.09 Å². The van der Waals surface area contributed by atoms with E-state index in [4.69, 9.17) is 0 Å². The summed E-state index contributed by atoms with van der Waals surface area (Å²) < 4.78 is 1.73. The topological polar surface area (TPSA) is 91.5 Å². The summed E-state index contributed by atoms with van der Waals surface area (Å²) >= 11 is 0. The third-order valence-corrected chi connectivity index (χ3v) is 3.59. The van der Waals surface area contributed by atoms with Gasteiger partial charge in [-0.15, -0.1) is 0 Å². The monoisotopic (exact) mass is 314 g/mol. The van der Waals surface area contributed by atoms with Gasteiger partial charge < -0.3 is 14.8 Å². The van der Waals surface area contributed by atoms with Crippen molar-refractivity contribution in [2.24, 2.45) is 0 Å². The number of rotatable bonds is 3. The molecule has 0 saturated heterocycles. The highest BCUT2D eigenvalue weighted by Crippen LogP contribution is 2.29. The van der Waals surface area contributed by atoms with E-state index in [-0.39, 0.29) is 12.5 Å². The molecule has 7 nitrogen and oxygen atoms in total. The van der Waals surface area contributed by atoms with Gasteiger partial charge in [0, 0.05) is 12.4 Å². The average molecular weight is 314 g/mol. The van der Waals surface area contributed by atoms with Crippen LogP contribution in [0.1, 0.15) is 13.8 Å². The molecule has 2 N–H and O–H groups in total. The Kier molecular flexibility index (Phi) is 3.45. The molecule has 23 heavy (non-hydrogen) atoms. The Morgan fingerprint density at radius 3 is 2.65 bits per heavy atom. The first-order chi connectivity index (χ1) is 10.8. The summed E-state index contributed by atoms with van der Waals surface area (Å²) in [5, 5.41) is 20.4. The summed E-state index contributed by atoms with van der Waals surface area (Å²) in [5.74, 6) is 0.257. The molecule has 1 aromatic carbocycles. The number of amides is 1. The SMILES string of the molecule is CN(C(=O)O)c1nc2cnc3ccccc3c2n1CC(C)(C)O. The van der Waals surface area contributed by atoms with Gasteiger partial charge in [0.05, 0.1) is 29.4 Å². The first kappa shape index (κ1) is 15.2. The van der Waals surface area contributed by atoms with E-state index in [1.165, 1.54) is 7.05 Å². The smallest absolute Gasteiger partial charge is 0.413 e. The van der Waals surface area contributed by atoms with Gasteiger partial charge in [-0.1, -0.05) is 18.2 Å². The zero-order chi connectivity index (χ0) is 16.8. The van der Waals surface area contributed by atoms with Crippen LogP contribution < -0.4 is 4.90 Å². The van der Waals surface area contributed by atoms with Gasteiger partial charge in [0.2, 0.25) is 5.95 Å². The molecule has 2 aromatic heterocycles. The fourth-order valence-corrected chi connectivity index (χ4v) is 2.63. The van der Waals surface area contributed by atoms with Crippen molar-refractivity contribution >= 4 is 34.0 Å². The van der Waals surface area contributed by atoms with E-state index < -0.39 is 11.7 Å². The maximum absolute atomic E-state index is 11.4. The van der Waals surface area contributed by atoms with Crippen LogP contribution >= 0.6 is 0 Å². The van der Waals surface area contributed by atoms with Crippen LogP contribution in [0.4, 0.5) is 10.7 Å². The van der Waals surface area contributed by atoms with Gasteiger partial charge in [-0.25, -0.2) is 9.78 Å².